The summed E-state index contributed by atoms with van der Waals surface area (Å²) in [5.74, 6) is 0.867. The first kappa shape index (κ1) is 16.6. The summed E-state index contributed by atoms with van der Waals surface area (Å²) in [5, 5.41) is 12.2. The first-order chi connectivity index (χ1) is 12.2. The Bertz CT molecular complexity index is 602. The topological polar surface area (TPSA) is 77.7 Å². The molecule has 4 rings (SSSR count). The molecule has 0 bridgehead atoms. The molecule has 1 amide bonds. The van der Waals surface area contributed by atoms with Crippen LogP contribution in [0.25, 0.3) is 0 Å². The molecule has 4 N–H and O–H groups in total. The van der Waals surface area contributed by atoms with Gasteiger partial charge in [0.2, 0.25) is 5.91 Å². The van der Waals surface area contributed by atoms with Gasteiger partial charge in [0.05, 0.1) is 19.2 Å². The maximum absolute atomic E-state index is 12.5. The van der Waals surface area contributed by atoms with Crippen molar-refractivity contribution < 1.29 is 9.53 Å². The quantitative estimate of drug-likeness (QED) is 0.657. The molecule has 3 atom stereocenters. The van der Waals surface area contributed by atoms with Crippen molar-refractivity contribution in [2.45, 2.75) is 50.6 Å². The van der Waals surface area contributed by atoms with Crippen LogP contribution < -0.4 is 26.1 Å². The number of amides is 1. The lowest BCUT2D eigenvalue weighted by molar-refractivity contribution is -0.129. The van der Waals surface area contributed by atoms with Crippen molar-refractivity contribution in [3.63, 3.8) is 0 Å². The van der Waals surface area contributed by atoms with Gasteiger partial charge in [-0.3, -0.25) is 15.5 Å². The van der Waals surface area contributed by atoms with Crippen molar-refractivity contribution in [1.82, 2.24) is 21.1 Å². The van der Waals surface area contributed by atoms with Crippen LogP contribution in [0.5, 0.6) is 5.75 Å². The average molecular weight is 345 g/mol. The third-order valence-corrected chi connectivity index (χ3v) is 5.50. The molecule has 1 saturated carbocycles. The van der Waals surface area contributed by atoms with Crippen molar-refractivity contribution in [1.29, 1.82) is 0 Å². The molecule has 0 aromatic heterocycles. The molecule has 2 heterocycles. The molecule has 7 nitrogen and oxygen atoms in total. The second-order valence-electron chi connectivity index (χ2n) is 7.09. The van der Waals surface area contributed by atoms with Gasteiger partial charge in [-0.05, 0) is 37.1 Å². The Hall–Kier alpha value is -1.83. The van der Waals surface area contributed by atoms with Crippen molar-refractivity contribution >= 4 is 11.6 Å². The molecule has 1 aromatic carbocycles. The molecule has 2 aliphatic heterocycles. The van der Waals surface area contributed by atoms with Crippen LogP contribution in [0.1, 0.15) is 32.1 Å². The Balaban J connectivity index is 1.43. The van der Waals surface area contributed by atoms with Crippen molar-refractivity contribution in [3.05, 3.63) is 24.3 Å². The predicted octanol–water partition coefficient (Wildman–Crippen LogP) is 1.21. The number of methoxy groups -OCH3 is 1. The van der Waals surface area contributed by atoms with Crippen LogP contribution in [0.2, 0.25) is 0 Å². The molecule has 136 valence electrons. The van der Waals surface area contributed by atoms with Gasteiger partial charge in [0.25, 0.3) is 0 Å². The van der Waals surface area contributed by atoms with Gasteiger partial charge >= 0.3 is 0 Å². The highest BCUT2D eigenvalue weighted by Gasteiger charge is 2.46. The number of nitrogens with zero attached hydrogens (tertiary/aromatic N) is 1. The highest BCUT2D eigenvalue weighted by atomic mass is 16.5. The van der Waals surface area contributed by atoms with Crippen LogP contribution >= 0.6 is 0 Å². The number of rotatable bonds is 4. The van der Waals surface area contributed by atoms with E-state index in [-0.39, 0.29) is 24.3 Å². The van der Waals surface area contributed by atoms with Crippen molar-refractivity contribution in [2.75, 3.05) is 19.0 Å². The first-order valence-electron chi connectivity index (χ1n) is 9.23. The number of hydrogen-bond acceptors (Lipinski definition) is 6. The summed E-state index contributed by atoms with van der Waals surface area (Å²) in [6.45, 7) is 0.704. The summed E-state index contributed by atoms with van der Waals surface area (Å²) in [7, 11) is 1.65. The lowest BCUT2D eigenvalue weighted by Gasteiger charge is -2.41. The first-order valence-corrected chi connectivity index (χ1v) is 9.23. The number of ether oxygens (including phenoxy) is 1. The Labute approximate surface area is 148 Å². The van der Waals surface area contributed by atoms with Gasteiger partial charge in [-0.15, -0.1) is 0 Å². The van der Waals surface area contributed by atoms with Crippen LogP contribution in [0.4, 0.5) is 5.69 Å². The highest BCUT2D eigenvalue weighted by molar-refractivity contribution is 5.81. The minimum atomic E-state index is -0.284. The fourth-order valence-corrected chi connectivity index (χ4v) is 4.15. The summed E-state index contributed by atoms with van der Waals surface area (Å²) < 4.78 is 5.19. The third-order valence-electron chi connectivity index (χ3n) is 5.50. The summed E-state index contributed by atoms with van der Waals surface area (Å²) in [4.78, 5) is 12.5. The van der Waals surface area contributed by atoms with E-state index in [0.29, 0.717) is 12.6 Å². The SMILES string of the molecule is COc1ccc(NC2NC(=O)C3CNN(C4CCCCC4)C3N2)cc1. The summed E-state index contributed by atoms with van der Waals surface area (Å²) >= 11 is 0. The number of hydrazine groups is 1. The standard InChI is InChI=1S/C18H27N5O2/c1-25-14-9-7-12(8-10-14)20-18-21-16-15(17(24)22-18)11-19-23(16)13-5-3-2-4-6-13/h7-10,13,15-16,18-21H,2-6,11H2,1H3,(H,22,24). The van der Waals surface area contributed by atoms with Crippen LogP contribution in [0.15, 0.2) is 24.3 Å². The molecule has 0 radical (unpaired) electrons. The lowest BCUT2D eigenvalue weighted by Crippen LogP contribution is -2.67. The molecule has 3 aliphatic rings. The molecule has 3 fully saturated rings. The van der Waals surface area contributed by atoms with Gasteiger partial charge in [0.1, 0.15) is 5.75 Å². The Kier molecular flexibility index (Phi) is 4.78. The fourth-order valence-electron chi connectivity index (χ4n) is 4.15. The van der Waals surface area contributed by atoms with Crippen LogP contribution in [0, 0.1) is 5.92 Å². The number of nitrogens with one attached hydrogen (secondary N) is 4. The van der Waals surface area contributed by atoms with E-state index in [1.807, 2.05) is 24.3 Å². The average Bonchev–Trinajstić information content (AvgIpc) is 3.07. The largest absolute Gasteiger partial charge is 0.497 e. The molecular formula is C18H27N5O2. The number of hydrogen-bond donors (Lipinski definition) is 4. The fraction of sp³-hybridized carbons (Fsp3) is 0.611. The smallest absolute Gasteiger partial charge is 0.230 e. The van der Waals surface area contributed by atoms with Crippen LogP contribution in [-0.2, 0) is 4.79 Å². The van der Waals surface area contributed by atoms with E-state index in [4.69, 9.17) is 4.74 Å². The normalized spacial score (nSPS) is 30.6. The molecule has 1 aliphatic carbocycles. The molecular weight excluding hydrogens is 318 g/mol. The number of carbonyl (C=O) groups is 1. The van der Waals surface area contributed by atoms with Gasteiger partial charge in [0, 0.05) is 18.3 Å². The maximum Gasteiger partial charge on any atom is 0.230 e. The number of carbonyl (C=O) groups excluding carboxylic acids is 1. The van der Waals surface area contributed by atoms with Crippen LogP contribution in [-0.4, -0.2) is 43.1 Å². The Morgan fingerprint density at radius 1 is 1.16 bits per heavy atom. The van der Waals surface area contributed by atoms with Gasteiger partial charge in [-0.1, -0.05) is 19.3 Å². The lowest BCUT2D eigenvalue weighted by atomic mass is 9.94. The van der Waals surface area contributed by atoms with E-state index in [0.717, 1.165) is 11.4 Å². The second-order valence-corrected chi connectivity index (χ2v) is 7.09. The van der Waals surface area contributed by atoms with E-state index in [2.05, 4.69) is 26.4 Å². The zero-order chi connectivity index (χ0) is 17.2. The molecule has 7 heteroatoms. The minimum absolute atomic E-state index is 0.0348. The molecule has 2 saturated heterocycles. The molecule has 3 unspecified atom stereocenters. The monoisotopic (exact) mass is 345 g/mol. The summed E-state index contributed by atoms with van der Waals surface area (Å²) in [6, 6.07) is 8.22. The van der Waals surface area contributed by atoms with Gasteiger partial charge < -0.3 is 15.4 Å². The van der Waals surface area contributed by atoms with Gasteiger partial charge in [-0.25, -0.2) is 5.01 Å². The van der Waals surface area contributed by atoms with Crippen molar-refractivity contribution in [2.24, 2.45) is 5.92 Å². The molecule has 0 spiro atoms. The van der Waals surface area contributed by atoms with Crippen molar-refractivity contribution in [3.8, 4) is 5.75 Å². The van der Waals surface area contributed by atoms with E-state index in [9.17, 15) is 4.79 Å². The number of benzene rings is 1. The summed E-state index contributed by atoms with van der Waals surface area (Å²) in [5.41, 5.74) is 4.40. The zero-order valence-corrected chi connectivity index (χ0v) is 14.6. The van der Waals surface area contributed by atoms with Gasteiger partial charge in [-0.2, -0.15) is 0 Å². The third kappa shape index (κ3) is 3.44. The van der Waals surface area contributed by atoms with E-state index in [1.165, 1.54) is 32.1 Å². The van der Waals surface area contributed by atoms with E-state index >= 15 is 0 Å². The number of anilines is 1. The van der Waals surface area contributed by atoms with E-state index < -0.39 is 0 Å². The predicted molar refractivity (Wildman–Crippen MR) is 95.7 cm³/mol. The zero-order valence-electron chi connectivity index (χ0n) is 14.6. The second kappa shape index (κ2) is 7.19. The Morgan fingerprint density at radius 3 is 2.64 bits per heavy atom. The highest BCUT2D eigenvalue weighted by Crippen LogP contribution is 2.28. The van der Waals surface area contributed by atoms with Crippen LogP contribution in [0.3, 0.4) is 0 Å². The Morgan fingerprint density at radius 2 is 1.92 bits per heavy atom. The number of fused-ring (bicyclic) bond motifs is 1. The van der Waals surface area contributed by atoms with E-state index in [1.54, 1.807) is 7.11 Å². The molecule has 25 heavy (non-hydrogen) atoms. The minimum Gasteiger partial charge on any atom is -0.497 e. The van der Waals surface area contributed by atoms with Gasteiger partial charge in [0.15, 0.2) is 6.29 Å². The maximum atomic E-state index is 12.5. The molecule has 1 aromatic rings. The summed E-state index contributed by atoms with van der Waals surface area (Å²) in [6.07, 6.45) is 6.04.